The molecular weight excluding hydrogens is 305 g/mol. The van der Waals surface area contributed by atoms with E-state index in [1.165, 1.54) is 0 Å². The lowest BCUT2D eigenvalue weighted by Gasteiger charge is -2.20. The number of halogens is 2. The Morgan fingerprint density at radius 2 is 1.86 bits per heavy atom. The van der Waals surface area contributed by atoms with E-state index >= 15 is 0 Å². The summed E-state index contributed by atoms with van der Waals surface area (Å²) in [6.07, 6.45) is 1.56. The van der Waals surface area contributed by atoms with E-state index in [4.69, 9.17) is 23.2 Å². The van der Waals surface area contributed by atoms with Gasteiger partial charge in [-0.2, -0.15) is 10.2 Å². The van der Waals surface area contributed by atoms with Gasteiger partial charge in [0.15, 0.2) is 0 Å². The van der Waals surface area contributed by atoms with Crippen molar-refractivity contribution in [3.63, 3.8) is 0 Å². The standard InChI is InChI=1S/C16H19Cl2N3/c1-4-15-12(8-10(2)20-21-15)16(19-3)9-11-13(17)6-5-7-14(11)18/h5-8,16,19H,4,9H2,1-3H3. The molecular formula is C16H19Cl2N3. The van der Waals surface area contributed by atoms with Gasteiger partial charge < -0.3 is 5.32 Å². The van der Waals surface area contributed by atoms with Gasteiger partial charge in [0, 0.05) is 16.1 Å². The van der Waals surface area contributed by atoms with Crippen LogP contribution in [0.2, 0.25) is 10.0 Å². The molecule has 5 heteroatoms. The van der Waals surface area contributed by atoms with E-state index in [0.29, 0.717) is 16.5 Å². The SMILES string of the molecule is CCc1nnc(C)cc1C(Cc1c(Cl)cccc1Cl)NC. The smallest absolute Gasteiger partial charge is 0.0676 e. The second kappa shape index (κ2) is 7.21. The number of hydrogen-bond acceptors (Lipinski definition) is 3. The Kier molecular flexibility index (Phi) is 5.57. The number of benzene rings is 1. The molecule has 21 heavy (non-hydrogen) atoms. The van der Waals surface area contributed by atoms with E-state index in [0.717, 1.165) is 28.9 Å². The van der Waals surface area contributed by atoms with Gasteiger partial charge in [0.05, 0.1) is 11.4 Å². The Hall–Kier alpha value is -1.16. The molecule has 2 rings (SSSR count). The van der Waals surface area contributed by atoms with Crippen LogP contribution in [-0.2, 0) is 12.8 Å². The third-order valence-electron chi connectivity index (χ3n) is 3.55. The first-order chi connectivity index (χ1) is 10.1. The fourth-order valence-electron chi connectivity index (χ4n) is 2.41. The molecule has 0 aliphatic rings. The Balaban J connectivity index is 2.39. The predicted octanol–water partition coefficient (Wildman–Crippen LogP) is 4.16. The number of aryl methyl sites for hydroxylation is 2. The summed E-state index contributed by atoms with van der Waals surface area (Å²) in [6.45, 7) is 4.03. The first-order valence-electron chi connectivity index (χ1n) is 7.00. The van der Waals surface area contributed by atoms with E-state index in [1.807, 2.05) is 32.2 Å². The summed E-state index contributed by atoms with van der Waals surface area (Å²) >= 11 is 12.6. The summed E-state index contributed by atoms with van der Waals surface area (Å²) in [5, 5.41) is 13.2. The normalized spacial score (nSPS) is 12.4. The van der Waals surface area contributed by atoms with Gasteiger partial charge >= 0.3 is 0 Å². The molecule has 112 valence electrons. The highest BCUT2D eigenvalue weighted by Crippen LogP contribution is 2.30. The average molecular weight is 324 g/mol. The van der Waals surface area contributed by atoms with Crippen LogP contribution in [0.1, 0.15) is 35.5 Å². The van der Waals surface area contributed by atoms with Gasteiger partial charge in [0.2, 0.25) is 0 Å². The van der Waals surface area contributed by atoms with Gasteiger partial charge in [-0.05, 0) is 56.1 Å². The van der Waals surface area contributed by atoms with Gasteiger partial charge in [0.25, 0.3) is 0 Å². The Morgan fingerprint density at radius 1 is 1.19 bits per heavy atom. The lowest BCUT2D eigenvalue weighted by atomic mass is 9.96. The number of nitrogens with one attached hydrogen (secondary N) is 1. The Bertz CT molecular complexity index is 609. The third kappa shape index (κ3) is 3.73. The molecule has 1 heterocycles. The minimum Gasteiger partial charge on any atom is -0.313 e. The zero-order valence-electron chi connectivity index (χ0n) is 12.5. The second-order valence-electron chi connectivity index (χ2n) is 4.99. The molecule has 1 unspecified atom stereocenters. The van der Waals surface area contributed by atoms with Crippen LogP contribution in [0, 0.1) is 6.92 Å². The number of nitrogens with zero attached hydrogens (tertiary/aromatic N) is 2. The topological polar surface area (TPSA) is 37.8 Å². The maximum Gasteiger partial charge on any atom is 0.0676 e. The molecule has 0 aliphatic heterocycles. The summed E-state index contributed by atoms with van der Waals surface area (Å²) in [7, 11) is 1.94. The Labute approximate surface area is 135 Å². The van der Waals surface area contributed by atoms with Gasteiger partial charge in [-0.3, -0.25) is 0 Å². The molecule has 0 saturated carbocycles. The highest BCUT2D eigenvalue weighted by molar-refractivity contribution is 6.36. The zero-order valence-corrected chi connectivity index (χ0v) is 14.0. The average Bonchev–Trinajstić information content (AvgIpc) is 2.47. The maximum atomic E-state index is 6.28. The van der Waals surface area contributed by atoms with Crippen molar-refractivity contribution in [2.75, 3.05) is 7.05 Å². The number of aromatic nitrogens is 2. The van der Waals surface area contributed by atoms with Gasteiger partial charge in [-0.15, -0.1) is 0 Å². The van der Waals surface area contributed by atoms with Crippen LogP contribution in [-0.4, -0.2) is 17.2 Å². The van der Waals surface area contributed by atoms with Crippen LogP contribution >= 0.6 is 23.2 Å². The number of rotatable bonds is 5. The van der Waals surface area contributed by atoms with E-state index in [-0.39, 0.29) is 6.04 Å². The van der Waals surface area contributed by atoms with Crippen molar-refractivity contribution in [3.8, 4) is 0 Å². The van der Waals surface area contributed by atoms with Crippen LogP contribution in [0.3, 0.4) is 0 Å². The van der Waals surface area contributed by atoms with Gasteiger partial charge in [0.1, 0.15) is 0 Å². The van der Waals surface area contributed by atoms with Crippen LogP contribution in [0.5, 0.6) is 0 Å². The van der Waals surface area contributed by atoms with Crippen LogP contribution in [0.25, 0.3) is 0 Å². The maximum absolute atomic E-state index is 6.28. The summed E-state index contributed by atoms with van der Waals surface area (Å²) in [5.41, 5.74) is 4.02. The van der Waals surface area contributed by atoms with E-state index in [2.05, 4.69) is 28.5 Å². The molecule has 1 aromatic heterocycles. The van der Waals surface area contributed by atoms with Crippen LogP contribution in [0.4, 0.5) is 0 Å². The molecule has 0 fully saturated rings. The van der Waals surface area contributed by atoms with E-state index in [9.17, 15) is 0 Å². The van der Waals surface area contributed by atoms with Gasteiger partial charge in [-0.1, -0.05) is 36.2 Å². The number of hydrogen-bond donors (Lipinski definition) is 1. The molecule has 3 nitrogen and oxygen atoms in total. The summed E-state index contributed by atoms with van der Waals surface area (Å²) < 4.78 is 0. The zero-order chi connectivity index (χ0) is 15.4. The highest BCUT2D eigenvalue weighted by atomic mass is 35.5. The molecule has 0 saturated heterocycles. The molecule has 0 spiro atoms. The minimum atomic E-state index is 0.103. The third-order valence-corrected chi connectivity index (χ3v) is 4.26. The summed E-state index contributed by atoms with van der Waals surface area (Å²) in [5.74, 6) is 0. The summed E-state index contributed by atoms with van der Waals surface area (Å²) in [4.78, 5) is 0. The molecule has 0 bridgehead atoms. The fourth-order valence-corrected chi connectivity index (χ4v) is 2.96. The fraction of sp³-hybridized carbons (Fsp3) is 0.375. The van der Waals surface area contributed by atoms with Crippen molar-refractivity contribution in [3.05, 3.63) is 56.8 Å². The van der Waals surface area contributed by atoms with Crippen molar-refractivity contribution < 1.29 is 0 Å². The molecule has 1 aromatic carbocycles. The molecule has 0 radical (unpaired) electrons. The van der Waals surface area contributed by atoms with E-state index in [1.54, 1.807) is 0 Å². The first kappa shape index (κ1) is 16.2. The largest absolute Gasteiger partial charge is 0.313 e. The van der Waals surface area contributed by atoms with Crippen molar-refractivity contribution in [2.45, 2.75) is 32.7 Å². The van der Waals surface area contributed by atoms with Crippen LogP contribution in [0.15, 0.2) is 24.3 Å². The van der Waals surface area contributed by atoms with Gasteiger partial charge in [-0.25, -0.2) is 0 Å². The molecule has 2 aromatic rings. The van der Waals surface area contributed by atoms with Crippen molar-refractivity contribution in [2.24, 2.45) is 0 Å². The summed E-state index contributed by atoms with van der Waals surface area (Å²) in [6, 6.07) is 7.78. The Morgan fingerprint density at radius 3 is 2.43 bits per heavy atom. The molecule has 0 aliphatic carbocycles. The first-order valence-corrected chi connectivity index (χ1v) is 7.75. The highest BCUT2D eigenvalue weighted by Gasteiger charge is 2.18. The molecule has 1 atom stereocenters. The van der Waals surface area contributed by atoms with E-state index < -0.39 is 0 Å². The molecule has 1 N–H and O–H groups in total. The number of likely N-dealkylation sites (N-methyl/N-ethyl adjacent to an activating group) is 1. The lowest BCUT2D eigenvalue weighted by molar-refractivity contribution is 0.579. The monoisotopic (exact) mass is 323 g/mol. The quantitative estimate of drug-likeness (QED) is 0.897. The van der Waals surface area contributed by atoms with Crippen molar-refractivity contribution >= 4 is 23.2 Å². The van der Waals surface area contributed by atoms with Crippen molar-refractivity contribution in [1.29, 1.82) is 0 Å². The van der Waals surface area contributed by atoms with Crippen molar-refractivity contribution in [1.82, 2.24) is 15.5 Å². The van der Waals surface area contributed by atoms with Crippen LogP contribution < -0.4 is 5.32 Å². The second-order valence-corrected chi connectivity index (χ2v) is 5.80. The lowest BCUT2D eigenvalue weighted by Crippen LogP contribution is -2.21. The predicted molar refractivity (Wildman–Crippen MR) is 88.1 cm³/mol. The molecule has 0 amide bonds. The minimum absolute atomic E-state index is 0.103.